The van der Waals surface area contributed by atoms with Crippen LogP contribution in [0.4, 0.5) is 0 Å². The lowest BCUT2D eigenvalue weighted by atomic mass is 9.85. The van der Waals surface area contributed by atoms with Crippen LogP contribution >= 0.6 is 0 Å². The summed E-state index contributed by atoms with van der Waals surface area (Å²) in [4.78, 5) is 0. The monoisotopic (exact) mass is 273 g/mol. The number of hydrogen-bond donors (Lipinski definition) is 0. The smallest absolute Gasteiger partial charge is 0.137 e. The Kier molecular flexibility index (Phi) is 5.88. The Balaban J connectivity index is 1.75. The van der Waals surface area contributed by atoms with Gasteiger partial charge in [-0.1, -0.05) is 38.3 Å². The van der Waals surface area contributed by atoms with Crippen LogP contribution in [0.5, 0.6) is 5.75 Å². The van der Waals surface area contributed by atoms with Gasteiger partial charge < -0.3 is 9.47 Å². The summed E-state index contributed by atoms with van der Waals surface area (Å²) in [5.74, 6) is 1.35. The number of hydrogen-bond acceptors (Lipinski definition) is 3. The van der Waals surface area contributed by atoms with Crippen molar-refractivity contribution < 1.29 is 9.47 Å². The van der Waals surface area contributed by atoms with Gasteiger partial charge in [0, 0.05) is 0 Å². The number of nitrogens with zero attached hydrogens (tertiary/aromatic N) is 1. The van der Waals surface area contributed by atoms with E-state index in [2.05, 4.69) is 13.0 Å². The third-order valence-electron chi connectivity index (χ3n) is 4.04. The van der Waals surface area contributed by atoms with E-state index in [0.717, 1.165) is 0 Å². The Morgan fingerprint density at radius 2 is 2.00 bits per heavy atom. The molecule has 0 aliphatic heterocycles. The van der Waals surface area contributed by atoms with Crippen LogP contribution in [-0.2, 0) is 4.74 Å². The maximum atomic E-state index is 8.98. The predicted octanol–water partition coefficient (Wildman–Crippen LogP) is 3.92. The second kappa shape index (κ2) is 7.91. The zero-order valence-electron chi connectivity index (χ0n) is 12.2. The molecule has 0 heterocycles. The van der Waals surface area contributed by atoms with Crippen molar-refractivity contribution >= 4 is 0 Å². The van der Waals surface area contributed by atoms with Crippen LogP contribution in [0.1, 0.15) is 44.6 Å². The predicted molar refractivity (Wildman–Crippen MR) is 78.6 cm³/mol. The van der Waals surface area contributed by atoms with Gasteiger partial charge in [-0.3, -0.25) is 0 Å². The molecule has 1 aromatic rings. The zero-order valence-corrected chi connectivity index (χ0v) is 12.2. The molecule has 1 aliphatic carbocycles. The zero-order chi connectivity index (χ0) is 14.2. The molecule has 2 rings (SSSR count). The van der Waals surface area contributed by atoms with Crippen molar-refractivity contribution in [3.63, 3.8) is 0 Å². The summed E-state index contributed by atoms with van der Waals surface area (Å²) in [6, 6.07) is 9.46. The molecular weight excluding hydrogens is 250 g/mol. The Bertz CT molecular complexity index is 453. The quantitative estimate of drug-likeness (QED) is 0.738. The molecule has 108 valence electrons. The van der Waals surface area contributed by atoms with E-state index >= 15 is 0 Å². The van der Waals surface area contributed by atoms with E-state index in [1.165, 1.54) is 32.1 Å². The van der Waals surface area contributed by atoms with Gasteiger partial charge >= 0.3 is 0 Å². The van der Waals surface area contributed by atoms with Gasteiger partial charge in [0.2, 0.25) is 0 Å². The average Bonchev–Trinajstić information content (AvgIpc) is 2.52. The fourth-order valence-electron chi connectivity index (χ4n) is 2.90. The lowest BCUT2D eigenvalue weighted by molar-refractivity contribution is -0.0228. The Morgan fingerprint density at radius 3 is 2.80 bits per heavy atom. The number of rotatable bonds is 6. The fourth-order valence-corrected chi connectivity index (χ4v) is 2.90. The molecule has 0 aromatic heterocycles. The molecular formula is C17H23NO2. The first kappa shape index (κ1) is 14.9. The van der Waals surface area contributed by atoms with Crippen molar-refractivity contribution in [2.45, 2.75) is 45.1 Å². The third kappa shape index (κ3) is 3.98. The topological polar surface area (TPSA) is 42.2 Å². The summed E-state index contributed by atoms with van der Waals surface area (Å²) in [5.41, 5.74) is 0.580. The Hall–Kier alpha value is -1.53. The summed E-state index contributed by atoms with van der Waals surface area (Å²) in [5, 5.41) is 8.98. The Labute approximate surface area is 121 Å². The van der Waals surface area contributed by atoms with Crippen LogP contribution in [-0.4, -0.2) is 19.3 Å². The van der Waals surface area contributed by atoms with E-state index in [4.69, 9.17) is 14.7 Å². The first-order valence-corrected chi connectivity index (χ1v) is 7.58. The molecule has 2 atom stereocenters. The lowest BCUT2D eigenvalue weighted by Crippen LogP contribution is -2.28. The SMILES string of the molecule is CCC1CCCCC1OCCOc1ccccc1C#N. The van der Waals surface area contributed by atoms with E-state index in [0.29, 0.717) is 36.5 Å². The minimum absolute atomic E-state index is 0.392. The van der Waals surface area contributed by atoms with Gasteiger partial charge in [0.1, 0.15) is 18.4 Å². The largest absolute Gasteiger partial charge is 0.490 e. The maximum absolute atomic E-state index is 8.98. The molecule has 0 bridgehead atoms. The van der Waals surface area contributed by atoms with Gasteiger partial charge in [0.25, 0.3) is 0 Å². The van der Waals surface area contributed by atoms with Crippen molar-refractivity contribution in [2.24, 2.45) is 5.92 Å². The van der Waals surface area contributed by atoms with Crippen LogP contribution < -0.4 is 4.74 Å². The second-order valence-electron chi connectivity index (χ2n) is 5.32. The average molecular weight is 273 g/mol. The van der Waals surface area contributed by atoms with Gasteiger partial charge in [0.15, 0.2) is 0 Å². The fraction of sp³-hybridized carbons (Fsp3) is 0.588. The summed E-state index contributed by atoms with van der Waals surface area (Å²) < 4.78 is 11.6. The molecule has 2 unspecified atom stereocenters. The van der Waals surface area contributed by atoms with E-state index in [1.54, 1.807) is 6.07 Å². The third-order valence-corrected chi connectivity index (χ3v) is 4.04. The van der Waals surface area contributed by atoms with Gasteiger partial charge in [-0.25, -0.2) is 0 Å². The molecule has 1 aromatic carbocycles. The molecule has 0 radical (unpaired) electrons. The molecule has 1 fully saturated rings. The molecule has 20 heavy (non-hydrogen) atoms. The van der Waals surface area contributed by atoms with Crippen molar-refractivity contribution in [2.75, 3.05) is 13.2 Å². The highest BCUT2D eigenvalue weighted by Gasteiger charge is 2.23. The molecule has 0 spiro atoms. The molecule has 3 heteroatoms. The maximum Gasteiger partial charge on any atom is 0.137 e. The first-order valence-electron chi connectivity index (χ1n) is 7.58. The summed E-state index contributed by atoms with van der Waals surface area (Å²) in [6.07, 6.45) is 6.67. The van der Waals surface area contributed by atoms with E-state index < -0.39 is 0 Å². The minimum Gasteiger partial charge on any atom is -0.490 e. The van der Waals surface area contributed by atoms with Gasteiger partial charge in [0.05, 0.1) is 18.3 Å². The van der Waals surface area contributed by atoms with Crippen molar-refractivity contribution in [3.05, 3.63) is 29.8 Å². The van der Waals surface area contributed by atoms with E-state index in [9.17, 15) is 0 Å². The summed E-state index contributed by atoms with van der Waals surface area (Å²) in [7, 11) is 0. The van der Waals surface area contributed by atoms with Crippen molar-refractivity contribution in [1.82, 2.24) is 0 Å². The molecule has 1 aliphatic rings. The van der Waals surface area contributed by atoms with Crippen LogP contribution in [0.15, 0.2) is 24.3 Å². The number of benzene rings is 1. The molecule has 0 saturated heterocycles. The Morgan fingerprint density at radius 1 is 1.20 bits per heavy atom. The van der Waals surface area contributed by atoms with Gasteiger partial charge in [-0.05, 0) is 30.9 Å². The van der Waals surface area contributed by atoms with Gasteiger partial charge in [-0.2, -0.15) is 5.26 Å². The van der Waals surface area contributed by atoms with E-state index in [-0.39, 0.29) is 0 Å². The number of nitriles is 1. The molecule has 0 amide bonds. The second-order valence-corrected chi connectivity index (χ2v) is 5.32. The van der Waals surface area contributed by atoms with Crippen molar-refractivity contribution in [1.29, 1.82) is 5.26 Å². The van der Waals surface area contributed by atoms with E-state index in [1.807, 2.05) is 18.2 Å². The van der Waals surface area contributed by atoms with Crippen LogP contribution in [0.3, 0.4) is 0 Å². The highest BCUT2D eigenvalue weighted by molar-refractivity contribution is 5.42. The van der Waals surface area contributed by atoms with Crippen LogP contribution in [0, 0.1) is 17.2 Å². The summed E-state index contributed by atoms with van der Waals surface area (Å²) >= 11 is 0. The summed E-state index contributed by atoms with van der Waals surface area (Å²) in [6.45, 7) is 3.35. The standard InChI is InChI=1S/C17H23NO2/c1-2-14-7-3-5-9-16(14)19-11-12-20-17-10-6-4-8-15(17)13-18/h4,6,8,10,14,16H,2-3,5,7,9,11-12H2,1H3. The normalized spacial score (nSPS) is 22.2. The van der Waals surface area contributed by atoms with Gasteiger partial charge in [-0.15, -0.1) is 0 Å². The lowest BCUT2D eigenvalue weighted by Gasteiger charge is -2.30. The number of ether oxygens (including phenoxy) is 2. The van der Waals surface area contributed by atoms with Crippen molar-refractivity contribution in [3.8, 4) is 11.8 Å². The minimum atomic E-state index is 0.392. The molecule has 3 nitrogen and oxygen atoms in total. The highest BCUT2D eigenvalue weighted by atomic mass is 16.5. The number of para-hydroxylation sites is 1. The first-order chi connectivity index (χ1) is 9.85. The van der Waals surface area contributed by atoms with Crippen LogP contribution in [0.25, 0.3) is 0 Å². The highest BCUT2D eigenvalue weighted by Crippen LogP contribution is 2.29. The molecule has 1 saturated carbocycles. The van der Waals surface area contributed by atoms with Crippen LogP contribution in [0.2, 0.25) is 0 Å². The molecule has 0 N–H and O–H groups in total.